The highest BCUT2D eigenvalue weighted by molar-refractivity contribution is 7.97. The normalized spacial score (nSPS) is 15.0. The third kappa shape index (κ3) is 1.55. The van der Waals surface area contributed by atoms with E-state index in [2.05, 4.69) is 5.32 Å². The third-order valence-electron chi connectivity index (χ3n) is 1.91. The predicted molar refractivity (Wildman–Crippen MR) is 53.7 cm³/mol. The van der Waals surface area contributed by atoms with Crippen molar-refractivity contribution in [2.45, 2.75) is 11.8 Å². The van der Waals surface area contributed by atoms with Gasteiger partial charge in [-0.1, -0.05) is 0 Å². The molecule has 74 valence electrons. The topological polar surface area (TPSA) is 32.3 Å². The standard InChI is InChI=1S/C9H9FN2OS/c1-2-12-9(13)11-7-4-3-6(10)5-8(7)14-12/h3-5H,2H2,1H3,(H,11,13). The van der Waals surface area contributed by atoms with Gasteiger partial charge in [-0.2, -0.15) is 0 Å². The number of anilines is 1. The van der Waals surface area contributed by atoms with Gasteiger partial charge in [0.05, 0.1) is 10.6 Å². The summed E-state index contributed by atoms with van der Waals surface area (Å²) in [7, 11) is 0. The molecule has 1 aliphatic heterocycles. The molecule has 5 heteroatoms. The van der Waals surface area contributed by atoms with Gasteiger partial charge in [-0.3, -0.25) is 4.31 Å². The van der Waals surface area contributed by atoms with Crippen LogP contribution >= 0.6 is 11.9 Å². The van der Waals surface area contributed by atoms with Crippen LogP contribution in [0.25, 0.3) is 0 Å². The van der Waals surface area contributed by atoms with Gasteiger partial charge in [0, 0.05) is 6.54 Å². The Morgan fingerprint density at radius 3 is 3.07 bits per heavy atom. The number of amides is 2. The summed E-state index contributed by atoms with van der Waals surface area (Å²) < 4.78 is 14.4. The Hall–Kier alpha value is -1.23. The van der Waals surface area contributed by atoms with E-state index in [1.165, 1.54) is 24.1 Å². The van der Waals surface area contributed by atoms with Gasteiger partial charge in [0.15, 0.2) is 0 Å². The van der Waals surface area contributed by atoms with Crippen LogP contribution in [-0.4, -0.2) is 16.9 Å². The maximum Gasteiger partial charge on any atom is 0.332 e. The molecule has 1 N–H and O–H groups in total. The van der Waals surface area contributed by atoms with Crippen molar-refractivity contribution in [3.8, 4) is 0 Å². The number of carbonyl (C=O) groups is 1. The van der Waals surface area contributed by atoms with Crippen LogP contribution in [0.1, 0.15) is 6.92 Å². The highest BCUT2D eigenvalue weighted by atomic mass is 32.2. The molecule has 2 amide bonds. The molecule has 1 aliphatic rings. The summed E-state index contributed by atoms with van der Waals surface area (Å²) in [6.07, 6.45) is 0. The Morgan fingerprint density at radius 2 is 2.36 bits per heavy atom. The van der Waals surface area contributed by atoms with Gasteiger partial charge in [0.2, 0.25) is 0 Å². The average Bonchev–Trinajstić information content (AvgIpc) is 2.17. The van der Waals surface area contributed by atoms with Gasteiger partial charge < -0.3 is 5.32 Å². The number of rotatable bonds is 1. The second-order valence-electron chi connectivity index (χ2n) is 2.86. The first-order chi connectivity index (χ1) is 6.70. The van der Waals surface area contributed by atoms with Gasteiger partial charge in [0.1, 0.15) is 5.82 Å². The summed E-state index contributed by atoms with van der Waals surface area (Å²) in [5, 5.41) is 2.69. The van der Waals surface area contributed by atoms with E-state index in [4.69, 9.17) is 0 Å². The molecule has 0 saturated heterocycles. The highest BCUT2D eigenvalue weighted by Gasteiger charge is 2.22. The first-order valence-electron chi connectivity index (χ1n) is 4.26. The molecule has 0 atom stereocenters. The van der Waals surface area contributed by atoms with E-state index >= 15 is 0 Å². The van der Waals surface area contributed by atoms with Crippen molar-refractivity contribution < 1.29 is 9.18 Å². The monoisotopic (exact) mass is 212 g/mol. The van der Waals surface area contributed by atoms with E-state index < -0.39 is 0 Å². The van der Waals surface area contributed by atoms with Crippen molar-refractivity contribution in [2.24, 2.45) is 0 Å². The third-order valence-corrected chi connectivity index (χ3v) is 3.09. The molecule has 3 nitrogen and oxygen atoms in total. The van der Waals surface area contributed by atoms with Crippen LogP contribution < -0.4 is 5.32 Å². The minimum absolute atomic E-state index is 0.156. The lowest BCUT2D eigenvalue weighted by atomic mass is 10.3. The van der Waals surface area contributed by atoms with Crippen molar-refractivity contribution >= 4 is 23.7 Å². The van der Waals surface area contributed by atoms with Gasteiger partial charge in [-0.05, 0) is 37.1 Å². The molecule has 0 unspecified atom stereocenters. The fraction of sp³-hybridized carbons (Fsp3) is 0.222. The van der Waals surface area contributed by atoms with Crippen molar-refractivity contribution in [1.29, 1.82) is 0 Å². The first kappa shape index (κ1) is 9.33. The van der Waals surface area contributed by atoms with E-state index in [0.717, 1.165) is 4.90 Å². The van der Waals surface area contributed by atoms with Crippen molar-refractivity contribution in [3.05, 3.63) is 24.0 Å². The van der Waals surface area contributed by atoms with Crippen molar-refractivity contribution in [1.82, 2.24) is 4.31 Å². The summed E-state index contributed by atoms with van der Waals surface area (Å²) in [5.74, 6) is -0.288. The number of nitrogens with zero attached hydrogens (tertiary/aromatic N) is 1. The number of urea groups is 1. The molecule has 0 fully saturated rings. The molecular weight excluding hydrogens is 203 g/mol. The molecular formula is C9H9FN2OS. The number of hydrogen-bond donors (Lipinski definition) is 1. The second kappa shape index (κ2) is 3.49. The molecule has 0 saturated carbocycles. The van der Waals surface area contributed by atoms with Gasteiger partial charge >= 0.3 is 6.03 Å². The molecule has 0 spiro atoms. The minimum Gasteiger partial charge on any atom is -0.306 e. The summed E-state index contributed by atoms with van der Waals surface area (Å²) in [6, 6.07) is 4.17. The van der Waals surface area contributed by atoms with Crippen LogP contribution in [0.3, 0.4) is 0 Å². The molecule has 1 aromatic rings. The lowest BCUT2D eigenvalue weighted by Gasteiger charge is -2.26. The molecule has 0 radical (unpaired) electrons. The number of nitrogens with one attached hydrogen (secondary N) is 1. The second-order valence-corrected chi connectivity index (χ2v) is 3.92. The number of fused-ring (bicyclic) bond motifs is 1. The summed E-state index contributed by atoms with van der Waals surface area (Å²) in [5.41, 5.74) is 0.672. The molecule has 14 heavy (non-hydrogen) atoms. The Balaban J connectivity index is 2.36. The maximum absolute atomic E-state index is 12.9. The summed E-state index contributed by atoms with van der Waals surface area (Å²) >= 11 is 1.26. The molecule has 2 rings (SSSR count). The largest absolute Gasteiger partial charge is 0.332 e. The zero-order valence-electron chi connectivity index (χ0n) is 7.58. The fourth-order valence-corrected chi connectivity index (χ4v) is 2.10. The predicted octanol–water partition coefficient (Wildman–Crippen LogP) is 2.70. The fourth-order valence-electron chi connectivity index (χ4n) is 1.22. The SMILES string of the molecule is CCN1Sc2cc(F)ccc2NC1=O. The van der Waals surface area contributed by atoms with Gasteiger partial charge in [0.25, 0.3) is 0 Å². The molecule has 0 bridgehead atoms. The Labute approximate surface area is 85.4 Å². The molecule has 1 heterocycles. The van der Waals surface area contributed by atoms with E-state index in [0.29, 0.717) is 12.2 Å². The van der Waals surface area contributed by atoms with Crippen molar-refractivity contribution in [2.75, 3.05) is 11.9 Å². The Bertz CT molecular complexity index is 383. The number of halogens is 1. The van der Waals surface area contributed by atoms with Crippen LogP contribution in [-0.2, 0) is 0 Å². The van der Waals surface area contributed by atoms with E-state index in [1.807, 2.05) is 6.92 Å². The molecule has 0 aromatic heterocycles. The van der Waals surface area contributed by atoms with Crippen LogP contribution in [0.15, 0.2) is 23.1 Å². The molecule has 0 aliphatic carbocycles. The summed E-state index contributed by atoms with van der Waals surface area (Å²) in [4.78, 5) is 12.1. The Morgan fingerprint density at radius 1 is 1.57 bits per heavy atom. The van der Waals surface area contributed by atoms with E-state index in [-0.39, 0.29) is 11.8 Å². The zero-order chi connectivity index (χ0) is 10.1. The quantitative estimate of drug-likeness (QED) is 0.726. The van der Waals surface area contributed by atoms with E-state index in [1.54, 1.807) is 10.4 Å². The number of carbonyl (C=O) groups excluding carboxylic acids is 1. The van der Waals surface area contributed by atoms with Crippen LogP contribution in [0.2, 0.25) is 0 Å². The number of benzene rings is 1. The first-order valence-corrected chi connectivity index (χ1v) is 5.04. The summed E-state index contributed by atoms with van der Waals surface area (Å²) in [6.45, 7) is 2.46. The van der Waals surface area contributed by atoms with Crippen LogP contribution in [0.4, 0.5) is 14.9 Å². The van der Waals surface area contributed by atoms with E-state index in [9.17, 15) is 9.18 Å². The van der Waals surface area contributed by atoms with Gasteiger partial charge in [-0.15, -0.1) is 0 Å². The highest BCUT2D eigenvalue weighted by Crippen LogP contribution is 2.34. The minimum atomic E-state index is -0.288. The number of hydrogen-bond acceptors (Lipinski definition) is 2. The lowest BCUT2D eigenvalue weighted by Crippen LogP contribution is -2.32. The van der Waals surface area contributed by atoms with Crippen LogP contribution in [0.5, 0.6) is 0 Å². The zero-order valence-corrected chi connectivity index (χ0v) is 8.40. The Kier molecular flexibility index (Phi) is 2.33. The van der Waals surface area contributed by atoms with Crippen molar-refractivity contribution in [3.63, 3.8) is 0 Å². The van der Waals surface area contributed by atoms with Crippen LogP contribution in [0, 0.1) is 5.82 Å². The smallest absolute Gasteiger partial charge is 0.306 e. The molecule has 1 aromatic carbocycles. The lowest BCUT2D eigenvalue weighted by molar-refractivity contribution is 0.239. The average molecular weight is 212 g/mol. The van der Waals surface area contributed by atoms with Gasteiger partial charge in [-0.25, -0.2) is 9.18 Å². The maximum atomic E-state index is 12.9.